The van der Waals surface area contributed by atoms with Crippen molar-refractivity contribution in [2.75, 3.05) is 26.2 Å². The molecule has 2 heterocycles. The summed E-state index contributed by atoms with van der Waals surface area (Å²) in [5.74, 6) is 0.857. The van der Waals surface area contributed by atoms with E-state index < -0.39 is 0 Å². The minimum absolute atomic E-state index is 0.314. The number of carbonyl (C=O) groups excluding carboxylic acids is 1. The van der Waals surface area contributed by atoms with E-state index >= 15 is 0 Å². The zero-order valence-corrected chi connectivity index (χ0v) is 19.2. The van der Waals surface area contributed by atoms with Crippen molar-refractivity contribution in [2.45, 2.75) is 51.6 Å². The lowest BCUT2D eigenvalue weighted by Gasteiger charge is -2.39. The van der Waals surface area contributed by atoms with E-state index in [-0.39, 0.29) is 0 Å². The second-order valence-corrected chi connectivity index (χ2v) is 9.71. The Morgan fingerprint density at radius 1 is 1.00 bits per heavy atom. The molecule has 1 atom stereocenters. The predicted octanol–water partition coefficient (Wildman–Crippen LogP) is 4.87. The molecular weight excluding hydrogens is 394 g/mol. The van der Waals surface area contributed by atoms with Crippen LogP contribution in [-0.2, 0) is 11.3 Å². The lowest BCUT2D eigenvalue weighted by Crippen LogP contribution is -2.47. The number of benzene rings is 2. The number of amides is 1. The Labute approximate surface area is 192 Å². The van der Waals surface area contributed by atoms with E-state index in [1.807, 2.05) is 0 Å². The van der Waals surface area contributed by atoms with Crippen LogP contribution in [0.5, 0.6) is 0 Å². The molecule has 0 saturated carbocycles. The number of nitrogens with one attached hydrogen (secondary N) is 1. The summed E-state index contributed by atoms with van der Waals surface area (Å²) in [6.45, 7) is 7.12. The van der Waals surface area contributed by atoms with Gasteiger partial charge in [-0.3, -0.25) is 4.79 Å². The molecule has 0 radical (unpaired) electrons. The van der Waals surface area contributed by atoms with Crippen LogP contribution in [0.4, 0.5) is 0 Å². The Morgan fingerprint density at radius 2 is 1.81 bits per heavy atom. The van der Waals surface area contributed by atoms with E-state index in [1.54, 1.807) is 0 Å². The molecule has 2 saturated heterocycles. The van der Waals surface area contributed by atoms with Crippen LogP contribution in [0.2, 0.25) is 0 Å². The van der Waals surface area contributed by atoms with Gasteiger partial charge in [0.05, 0.1) is 0 Å². The largest absolute Gasteiger partial charge is 0.315 e. The topological polar surface area (TPSA) is 35.6 Å². The number of rotatable bonds is 6. The van der Waals surface area contributed by atoms with Gasteiger partial charge in [0.2, 0.25) is 5.91 Å². The van der Waals surface area contributed by atoms with Gasteiger partial charge in [-0.05, 0) is 74.2 Å². The van der Waals surface area contributed by atoms with Crippen molar-refractivity contribution in [1.82, 2.24) is 15.1 Å². The highest BCUT2D eigenvalue weighted by Crippen LogP contribution is 2.34. The molecule has 1 amide bonds. The first-order valence-corrected chi connectivity index (χ1v) is 12.3. The molecule has 4 nitrogen and oxygen atoms in total. The van der Waals surface area contributed by atoms with Gasteiger partial charge in [-0.2, -0.15) is 0 Å². The molecule has 32 heavy (non-hydrogen) atoms. The molecule has 2 aromatic carbocycles. The van der Waals surface area contributed by atoms with Crippen molar-refractivity contribution >= 4 is 16.7 Å². The standard InChI is InChI=1S/C28H35N3O/c1-21-6-8-24-10-11-28(32)31(27(24)18-21)17-16-30-14-12-26(13-15-30)29-20-22-7-9-23-4-2-3-5-25(23)19-22/h2-7,9,18-19,24,26,29H,8,10-17,20H2,1H3. The average Bonchev–Trinajstić information content (AvgIpc) is 2.82. The van der Waals surface area contributed by atoms with Crippen LogP contribution >= 0.6 is 0 Å². The van der Waals surface area contributed by atoms with E-state index in [0.717, 1.165) is 45.6 Å². The summed E-state index contributed by atoms with van der Waals surface area (Å²) in [4.78, 5) is 17.3. The third-order valence-electron chi connectivity index (χ3n) is 7.47. The van der Waals surface area contributed by atoms with Gasteiger partial charge in [0.25, 0.3) is 0 Å². The summed E-state index contributed by atoms with van der Waals surface area (Å²) in [5.41, 5.74) is 3.93. The Hall–Kier alpha value is -2.43. The van der Waals surface area contributed by atoms with Gasteiger partial charge in [0.1, 0.15) is 0 Å². The van der Waals surface area contributed by atoms with Crippen LogP contribution in [0.3, 0.4) is 0 Å². The molecule has 0 bridgehead atoms. The minimum atomic E-state index is 0.314. The first kappa shape index (κ1) is 21.4. The van der Waals surface area contributed by atoms with Gasteiger partial charge < -0.3 is 15.1 Å². The van der Waals surface area contributed by atoms with Crippen molar-refractivity contribution in [3.05, 3.63) is 71.5 Å². The normalized spacial score (nSPS) is 22.6. The lowest BCUT2D eigenvalue weighted by molar-refractivity contribution is -0.132. The van der Waals surface area contributed by atoms with Gasteiger partial charge in [-0.15, -0.1) is 0 Å². The number of hydrogen-bond donors (Lipinski definition) is 1. The molecule has 168 valence electrons. The summed E-state index contributed by atoms with van der Waals surface area (Å²) in [5, 5.41) is 6.39. The summed E-state index contributed by atoms with van der Waals surface area (Å²) in [6, 6.07) is 15.9. The van der Waals surface area contributed by atoms with Gasteiger partial charge in [0.15, 0.2) is 0 Å². The van der Waals surface area contributed by atoms with E-state index in [2.05, 4.69) is 76.7 Å². The number of nitrogens with zero attached hydrogens (tertiary/aromatic N) is 2. The van der Waals surface area contributed by atoms with Crippen LogP contribution in [-0.4, -0.2) is 47.9 Å². The van der Waals surface area contributed by atoms with Gasteiger partial charge in [-0.25, -0.2) is 0 Å². The average molecular weight is 430 g/mol. The predicted molar refractivity (Wildman–Crippen MR) is 131 cm³/mol. The fourth-order valence-electron chi connectivity index (χ4n) is 5.47. The molecule has 1 aliphatic carbocycles. The zero-order chi connectivity index (χ0) is 21.9. The highest BCUT2D eigenvalue weighted by molar-refractivity contribution is 5.83. The van der Waals surface area contributed by atoms with Crippen LogP contribution < -0.4 is 5.32 Å². The molecule has 5 rings (SSSR count). The molecule has 4 heteroatoms. The van der Waals surface area contributed by atoms with E-state index in [4.69, 9.17) is 0 Å². The first-order valence-electron chi connectivity index (χ1n) is 12.3. The second-order valence-electron chi connectivity index (χ2n) is 9.71. The molecule has 0 aromatic heterocycles. The Bertz CT molecular complexity index is 1030. The maximum Gasteiger partial charge on any atom is 0.226 e. The number of likely N-dealkylation sites (tertiary alicyclic amines) is 2. The minimum Gasteiger partial charge on any atom is -0.315 e. The number of fused-ring (bicyclic) bond motifs is 2. The van der Waals surface area contributed by atoms with Crippen molar-refractivity contribution in [3.63, 3.8) is 0 Å². The summed E-state index contributed by atoms with van der Waals surface area (Å²) in [6.07, 6.45) is 9.72. The molecule has 1 unspecified atom stereocenters. The molecular formula is C28H35N3O. The molecule has 0 spiro atoms. The molecule has 3 aliphatic rings. The van der Waals surface area contributed by atoms with Crippen molar-refractivity contribution in [2.24, 2.45) is 5.92 Å². The molecule has 2 aliphatic heterocycles. The van der Waals surface area contributed by atoms with Crippen molar-refractivity contribution in [3.8, 4) is 0 Å². The fraction of sp³-hybridized carbons (Fsp3) is 0.464. The van der Waals surface area contributed by atoms with E-state index in [1.165, 1.54) is 40.4 Å². The number of allylic oxidation sites excluding steroid dienone is 4. The fourth-order valence-corrected chi connectivity index (χ4v) is 5.47. The number of hydrogen-bond acceptors (Lipinski definition) is 3. The number of carbonyl (C=O) groups is 1. The summed E-state index contributed by atoms with van der Waals surface area (Å²) >= 11 is 0. The Morgan fingerprint density at radius 3 is 2.66 bits per heavy atom. The van der Waals surface area contributed by atoms with Gasteiger partial charge >= 0.3 is 0 Å². The lowest BCUT2D eigenvalue weighted by atomic mass is 9.85. The van der Waals surface area contributed by atoms with Crippen molar-refractivity contribution in [1.29, 1.82) is 0 Å². The SMILES string of the molecule is CC1=CCC2CCC(=O)N(CCN3CCC(NCc4ccc5ccccc5c4)CC3)C2=C1. The highest BCUT2D eigenvalue weighted by atomic mass is 16.2. The third-order valence-corrected chi connectivity index (χ3v) is 7.47. The number of piperidine rings is 2. The summed E-state index contributed by atoms with van der Waals surface area (Å²) < 4.78 is 0. The first-order chi connectivity index (χ1) is 15.7. The van der Waals surface area contributed by atoms with Crippen LogP contribution in [0.15, 0.2) is 65.9 Å². The Balaban J connectivity index is 1.09. The van der Waals surface area contributed by atoms with E-state index in [9.17, 15) is 4.79 Å². The summed E-state index contributed by atoms with van der Waals surface area (Å²) in [7, 11) is 0. The van der Waals surface area contributed by atoms with Crippen LogP contribution in [0, 0.1) is 5.92 Å². The van der Waals surface area contributed by atoms with Gasteiger partial charge in [0, 0.05) is 43.7 Å². The highest BCUT2D eigenvalue weighted by Gasteiger charge is 2.32. The monoisotopic (exact) mass is 429 g/mol. The zero-order valence-electron chi connectivity index (χ0n) is 19.2. The quantitative estimate of drug-likeness (QED) is 0.712. The second kappa shape index (κ2) is 9.60. The van der Waals surface area contributed by atoms with E-state index in [0.29, 0.717) is 24.3 Å². The van der Waals surface area contributed by atoms with Gasteiger partial charge in [-0.1, -0.05) is 48.0 Å². The molecule has 2 aromatic rings. The smallest absolute Gasteiger partial charge is 0.226 e. The molecule has 2 fully saturated rings. The Kier molecular flexibility index (Phi) is 6.42. The van der Waals surface area contributed by atoms with Crippen LogP contribution in [0.25, 0.3) is 10.8 Å². The molecule has 1 N–H and O–H groups in total. The maximum atomic E-state index is 12.6. The van der Waals surface area contributed by atoms with Crippen molar-refractivity contribution < 1.29 is 4.79 Å². The van der Waals surface area contributed by atoms with Crippen LogP contribution in [0.1, 0.15) is 44.6 Å². The third kappa shape index (κ3) is 4.82. The maximum absolute atomic E-state index is 12.6.